The highest BCUT2D eigenvalue weighted by Gasteiger charge is 2.61. The van der Waals surface area contributed by atoms with Gasteiger partial charge in [-0.25, -0.2) is 13.6 Å². The topological polar surface area (TPSA) is 96.0 Å². The number of sulfonamides is 1. The van der Waals surface area contributed by atoms with Crippen LogP contribution in [0.15, 0.2) is 23.1 Å². The summed E-state index contributed by atoms with van der Waals surface area (Å²) in [5, 5.41) is 18.0. The number of benzene rings is 1. The summed E-state index contributed by atoms with van der Waals surface area (Å²) < 4.78 is 22.9. The van der Waals surface area contributed by atoms with Gasteiger partial charge >= 0.3 is 0 Å². The molecule has 0 aliphatic heterocycles. The van der Waals surface area contributed by atoms with Crippen molar-refractivity contribution in [1.82, 2.24) is 0 Å². The van der Waals surface area contributed by atoms with Gasteiger partial charge in [-0.05, 0) is 54.2 Å². The summed E-state index contributed by atoms with van der Waals surface area (Å²) in [4.78, 5) is -0.0286. The Morgan fingerprint density at radius 2 is 2.04 bits per heavy atom. The average molecular weight is 333 g/mol. The highest BCUT2D eigenvalue weighted by molar-refractivity contribution is 7.89. The summed E-state index contributed by atoms with van der Waals surface area (Å²) in [5.74, 6) is 0.694. The Balaban J connectivity index is 1.92. The standard InChI is InChI=1S/C17H23N3O2S/c1-16(2)12-6-7-17(16,3)15(9-12)20-14-5-4-13(23(19,21)22)8-11(14)10-18/h4-5,8,12,15,20H,6-7,9H2,1-3H3,(H2,19,21,22). The van der Waals surface area contributed by atoms with Crippen molar-refractivity contribution in [3.63, 3.8) is 0 Å². The van der Waals surface area contributed by atoms with Crippen molar-refractivity contribution in [2.24, 2.45) is 21.9 Å². The number of hydrogen-bond donors (Lipinski definition) is 2. The van der Waals surface area contributed by atoms with Crippen LogP contribution in [0.25, 0.3) is 0 Å². The second-order valence-corrected chi connectivity index (χ2v) is 9.23. The number of nitrogens with two attached hydrogens (primary N) is 1. The molecule has 1 aromatic carbocycles. The molecule has 2 saturated carbocycles. The molecule has 3 atom stereocenters. The fraction of sp³-hybridized carbons (Fsp3) is 0.588. The van der Waals surface area contributed by atoms with Crippen LogP contribution in [0, 0.1) is 28.1 Å². The third-order valence-corrected chi connectivity index (χ3v) is 7.47. The molecular formula is C17H23N3O2S. The first-order valence-corrected chi connectivity index (χ1v) is 9.48. The quantitative estimate of drug-likeness (QED) is 0.889. The first-order chi connectivity index (χ1) is 10.6. The van der Waals surface area contributed by atoms with Crippen LogP contribution in [-0.4, -0.2) is 14.5 Å². The molecule has 0 spiro atoms. The second-order valence-electron chi connectivity index (χ2n) is 7.67. The number of hydrogen-bond acceptors (Lipinski definition) is 4. The third-order valence-electron chi connectivity index (χ3n) is 6.56. The molecule has 2 bridgehead atoms. The molecule has 0 heterocycles. The Labute approximate surface area is 137 Å². The van der Waals surface area contributed by atoms with Crippen LogP contribution in [0.2, 0.25) is 0 Å². The zero-order valence-corrected chi connectivity index (χ0v) is 14.6. The number of nitrogens with one attached hydrogen (secondary N) is 1. The van der Waals surface area contributed by atoms with Crippen LogP contribution >= 0.6 is 0 Å². The molecule has 6 heteroatoms. The van der Waals surface area contributed by atoms with Crippen LogP contribution in [0.4, 0.5) is 5.69 Å². The summed E-state index contributed by atoms with van der Waals surface area (Å²) in [5.41, 5.74) is 1.47. The van der Waals surface area contributed by atoms with Gasteiger partial charge in [0.25, 0.3) is 0 Å². The van der Waals surface area contributed by atoms with Gasteiger partial charge in [0.1, 0.15) is 6.07 Å². The highest BCUT2D eigenvalue weighted by atomic mass is 32.2. The molecule has 2 fully saturated rings. The Morgan fingerprint density at radius 3 is 2.52 bits per heavy atom. The maximum Gasteiger partial charge on any atom is 0.238 e. The van der Waals surface area contributed by atoms with E-state index in [1.807, 2.05) is 0 Å². The Bertz CT molecular complexity index is 795. The molecule has 2 aliphatic carbocycles. The Kier molecular flexibility index (Phi) is 3.51. The maximum atomic E-state index is 11.4. The molecule has 5 nitrogen and oxygen atoms in total. The predicted octanol–water partition coefficient (Wildman–Crippen LogP) is 2.83. The number of nitrogens with zero attached hydrogens (tertiary/aromatic N) is 1. The molecule has 0 radical (unpaired) electrons. The van der Waals surface area contributed by atoms with Gasteiger partial charge < -0.3 is 5.32 Å². The number of nitriles is 1. The van der Waals surface area contributed by atoms with E-state index in [9.17, 15) is 13.7 Å². The predicted molar refractivity (Wildman–Crippen MR) is 89.2 cm³/mol. The lowest BCUT2D eigenvalue weighted by atomic mass is 9.69. The molecule has 1 aromatic rings. The van der Waals surface area contributed by atoms with E-state index in [1.165, 1.54) is 25.0 Å². The smallest absolute Gasteiger partial charge is 0.238 e. The van der Waals surface area contributed by atoms with Crippen LogP contribution in [0.1, 0.15) is 45.6 Å². The van der Waals surface area contributed by atoms with Crippen LogP contribution in [-0.2, 0) is 10.0 Å². The van der Waals surface area contributed by atoms with E-state index in [2.05, 4.69) is 32.2 Å². The van der Waals surface area contributed by atoms with E-state index in [0.717, 1.165) is 6.42 Å². The summed E-state index contributed by atoms with van der Waals surface area (Å²) in [7, 11) is -3.80. The average Bonchev–Trinajstić information content (AvgIpc) is 2.79. The van der Waals surface area contributed by atoms with Crippen LogP contribution < -0.4 is 10.5 Å². The fourth-order valence-corrected chi connectivity index (χ4v) is 5.07. The lowest BCUT2D eigenvalue weighted by Crippen LogP contribution is -2.40. The van der Waals surface area contributed by atoms with E-state index >= 15 is 0 Å². The van der Waals surface area contributed by atoms with Gasteiger partial charge in [0.2, 0.25) is 10.0 Å². The highest BCUT2D eigenvalue weighted by Crippen LogP contribution is 2.65. The second kappa shape index (κ2) is 4.96. The fourth-order valence-electron chi connectivity index (χ4n) is 4.53. The Morgan fingerprint density at radius 1 is 1.35 bits per heavy atom. The van der Waals surface area contributed by atoms with Gasteiger partial charge in [-0.15, -0.1) is 0 Å². The van der Waals surface area contributed by atoms with E-state index in [0.29, 0.717) is 23.2 Å². The number of anilines is 1. The van der Waals surface area contributed by atoms with E-state index in [-0.39, 0.29) is 15.7 Å². The zero-order chi connectivity index (χ0) is 17.0. The third kappa shape index (κ3) is 2.34. The molecule has 2 aliphatic rings. The summed E-state index contributed by atoms with van der Waals surface area (Å²) in [6.07, 6.45) is 3.53. The van der Waals surface area contributed by atoms with Crippen molar-refractivity contribution in [3.05, 3.63) is 23.8 Å². The summed E-state index contributed by atoms with van der Waals surface area (Å²) in [6.45, 7) is 6.99. The number of primary sulfonamides is 1. The SMILES string of the molecule is CC1(C)C2CCC1(C)C(Nc1ccc(S(N)(=O)=O)cc1C#N)C2. The lowest BCUT2D eigenvalue weighted by molar-refractivity contribution is 0.142. The number of rotatable bonds is 3. The van der Waals surface area contributed by atoms with Crippen LogP contribution in [0.3, 0.4) is 0 Å². The van der Waals surface area contributed by atoms with Gasteiger partial charge in [-0.3, -0.25) is 0 Å². The van der Waals surface area contributed by atoms with Gasteiger partial charge in [0, 0.05) is 6.04 Å². The Hall–Kier alpha value is -1.58. The molecule has 0 aromatic heterocycles. The van der Waals surface area contributed by atoms with E-state index in [4.69, 9.17) is 5.14 Å². The first kappa shape index (κ1) is 16.3. The molecule has 3 unspecified atom stereocenters. The molecule has 23 heavy (non-hydrogen) atoms. The molecule has 3 rings (SSSR count). The minimum Gasteiger partial charge on any atom is -0.381 e. The van der Waals surface area contributed by atoms with E-state index in [1.54, 1.807) is 6.07 Å². The van der Waals surface area contributed by atoms with Gasteiger partial charge in [-0.2, -0.15) is 5.26 Å². The molecular weight excluding hydrogens is 310 g/mol. The monoisotopic (exact) mass is 333 g/mol. The van der Waals surface area contributed by atoms with E-state index < -0.39 is 10.0 Å². The maximum absolute atomic E-state index is 11.4. The molecule has 0 saturated heterocycles. The van der Waals surface area contributed by atoms with Gasteiger partial charge in [-0.1, -0.05) is 20.8 Å². The van der Waals surface area contributed by atoms with Crippen molar-refractivity contribution in [2.45, 2.75) is 51.0 Å². The minimum absolute atomic E-state index is 0.0286. The number of fused-ring (bicyclic) bond motifs is 2. The van der Waals surface area contributed by atoms with Crippen molar-refractivity contribution in [1.29, 1.82) is 5.26 Å². The van der Waals surface area contributed by atoms with Gasteiger partial charge in [0.05, 0.1) is 16.1 Å². The minimum atomic E-state index is -3.80. The normalized spacial score (nSPS) is 31.8. The van der Waals surface area contributed by atoms with Crippen molar-refractivity contribution >= 4 is 15.7 Å². The molecule has 0 amide bonds. The van der Waals surface area contributed by atoms with Crippen LogP contribution in [0.5, 0.6) is 0 Å². The van der Waals surface area contributed by atoms with Gasteiger partial charge in [0.15, 0.2) is 0 Å². The van der Waals surface area contributed by atoms with Crippen molar-refractivity contribution in [3.8, 4) is 6.07 Å². The molecule has 3 N–H and O–H groups in total. The zero-order valence-electron chi connectivity index (χ0n) is 13.8. The first-order valence-electron chi connectivity index (χ1n) is 7.93. The lowest BCUT2D eigenvalue weighted by Gasteiger charge is -2.40. The van der Waals surface area contributed by atoms with Crippen molar-refractivity contribution < 1.29 is 8.42 Å². The van der Waals surface area contributed by atoms with Crippen molar-refractivity contribution in [2.75, 3.05) is 5.32 Å². The molecule has 124 valence electrons. The summed E-state index contributed by atoms with van der Waals surface area (Å²) >= 11 is 0. The summed E-state index contributed by atoms with van der Waals surface area (Å²) in [6, 6.07) is 6.83. The largest absolute Gasteiger partial charge is 0.381 e.